The number of pyridine rings is 1. The van der Waals surface area contributed by atoms with Gasteiger partial charge in [-0.2, -0.15) is 0 Å². The average molecular weight is 404 g/mol. The first-order valence-electron chi connectivity index (χ1n) is 9.17. The summed E-state index contributed by atoms with van der Waals surface area (Å²) in [6, 6.07) is 6.88. The molecular weight excluding hydrogens is 378 g/mol. The zero-order chi connectivity index (χ0) is 20.3. The molecule has 1 fully saturated rings. The second-order valence-electron chi connectivity index (χ2n) is 6.86. The summed E-state index contributed by atoms with van der Waals surface area (Å²) < 4.78 is 33.9. The molecule has 2 aromatic rings. The summed E-state index contributed by atoms with van der Waals surface area (Å²) in [6.45, 7) is 3.32. The highest BCUT2D eigenvalue weighted by Gasteiger charge is 2.20. The Morgan fingerprint density at radius 1 is 1.25 bits per heavy atom. The Hall–Kier alpha value is -2.74. The minimum Gasteiger partial charge on any atom is -0.490 e. The number of aromatic nitrogens is 1. The molecule has 2 N–H and O–H groups in total. The number of anilines is 2. The van der Waals surface area contributed by atoms with E-state index in [0.29, 0.717) is 22.7 Å². The van der Waals surface area contributed by atoms with Crippen molar-refractivity contribution in [2.45, 2.75) is 31.8 Å². The van der Waals surface area contributed by atoms with Gasteiger partial charge in [-0.15, -0.1) is 0 Å². The number of nitrogens with zero attached hydrogens (tertiary/aromatic N) is 1. The third-order valence-electron chi connectivity index (χ3n) is 4.82. The first kappa shape index (κ1) is 20.0. The molecule has 1 aliphatic rings. The van der Waals surface area contributed by atoms with Crippen LogP contribution in [-0.2, 0) is 17.1 Å². The van der Waals surface area contributed by atoms with Gasteiger partial charge in [-0.25, -0.2) is 8.42 Å². The predicted octanol–water partition coefficient (Wildman–Crippen LogP) is 3.30. The highest BCUT2D eigenvalue weighted by atomic mass is 32.2. The smallest absolute Gasteiger partial charge is 0.273 e. The Kier molecular flexibility index (Phi) is 5.79. The zero-order valence-electron chi connectivity index (χ0n) is 16.1. The van der Waals surface area contributed by atoms with E-state index in [1.165, 1.54) is 4.57 Å². The van der Waals surface area contributed by atoms with Crippen molar-refractivity contribution >= 4 is 21.4 Å². The lowest BCUT2D eigenvalue weighted by Crippen LogP contribution is -2.19. The Bertz CT molecular complexity index is 1040. The van der Waals surface area contributed by atoms with Gasteiger partial charge in [-0.05, 0) is 49.9 Å². The van der Waals surface area contributed by atoms with Crippen LogP contribution in [0.25, 0.3) is 11.1 Å². The van der Waals surface area contributed by atoms with Crippen LogP contribution in [0.2, 0.25) is 0 Å². The van der Waals surface area contributed by atoms with E-state index in [-0.39, 0.29) is 11.7 Å². The van der Waals surface area contributed by atoms with Crippen molar-refractivity contribution in [2.24, 2.45) is 7.05 Å². The molecule has 1 aromatic carbocycles. The molecule has 7 nitrogen and oxygen atoms in total. The molecule has 0 spiro atoms. The van der Waals surface area contributed by atoms with Crippen LogP contribution in [-0.4, -0.2) is 26.1 Å². The van der Waals surface area contributed by atoms with Gasteiger partial charge < -0.3 is 14.6 Å². The lowest BCUT2D eigenvalue weighted by atomic mass is 10.0. The second kappa shape index (κ2) is 8.10. The number of sulfonamides is 1. The second-order valence-corrected chi connectivity index (χ2v) is 8.48. The molecule has 0 aliphatic heterocycles. The number of rotatable bonds is 7. The molecule has 1 heterocycles. The van der Waals surface area contributed by atoms with Crippen molar-refractivity contribution in [3.63, 3.8) is 0 Å². The van der Waals surface area contributed by atoms with E-state index in [1.54, 1.807) is 44.6 Å². The molecule has 1 saturated carbocycles. The molecule has 0 atom stereocenters. The molecule has 1 aromatic heterocycles. The fraction of sp³-hybridized carbons (Fsp3) is 0.350. The topological polar surface area (TPSA) is 89.4 Å². The molecule has 8 heteroatoms. The van der Waals surface area contributed by atoms with E-state index < -0.39 is 10.0 Å². The van der Waals surface area contributed by atoms with Crippen molar-refractivity contribution in [1.82, 2.24) is 4.57 Å². The summed E-state index contributed by atoms with van der Waals surface area (Å²) in [6.07, 6.45) is 6.14. The minimum atomic E-state index is -3.63. The van der Waals surface area contributed by atoms with Gasteiger partial charge in [0.1, 0.15) is 11.4 Å². The standard InChI is InChI=1S/C20H25N3O4S/c1-4-28(25,26)22-15-9-10-19(27-16-7-5-6-8-16)17(12-15)14-11-18(21-2)20(24)23(3)13-14/h4,9-13,16,21-22H,1,5-8H2,2-3H3. The number of ether oxygens (including phenoxy) is 1. The summed E-state index contributed by atoms with van der Waals surface area (Å²) >= 11 is 0. The van der Waals surface area contributed by atoms with Crippen LogP contribution >= 0.6 is 0 Å². The van der Waals surface area contributed by atoms with E-state index in [1.807, 2.05) is 0 Å². The van der Waals surface area contributed by atoms with Crippen LogP contribution in [0, 0.1) is 0 Å². The van der Waals surface area contributed by atoms with Crippen LogP contribution in [0.15, 0.2) is 47.2 Å². The summed E-state index contributed by atoms with van der Waals surface area (Å²) in [7, 11) is -0.268. The number of nitrogens with one attached hydrogen (secondary N) is 2. The third kappa shape index (κ3) is 4.39. The van der Waals surface area contributed by atoms with E-state index in [0.717, 1.165) is 36.7 Å². The Morgan fingerprint density at radius 3 is 2.61 bits per heavy atom. The van der Waals surface area contributed by atoms with Crippen LogP contribution in [0.4, 0.5) is 11.4 Å². The SMILES string of the molecule is C=CS(=O)(=O)Nc1ccc(OC2CCCC2)c(-c2cc(NC)c(=O)n(C)c2)c1. The molecule has 150 valence electrons. The lowest BCUT2D eigenvalue weighted by Gasteiger charge is -2.19. The Morgan fingerprint density at radius 2 is 1.96 bits per heavy atom. The normalized spacial score (nSPS) is 14.6. The van der Waals surface area contributed by atoms with Crippen molar-refractivity contribution < 1.29 is 13.2 Å². The average Bonchev–Trinajstić information content (AvgIpc) is 3.18. The summed E-state index contributed by atoms with van der Waals surface area (Å²) in [4.78, 5) is 12.2. The van der Waals surface area contributed by atoms with Crippen LogP contribution in [0.5, 0.6) is 5.75 Å². The first-order valence-corrected chi connectivity index (χ1v) is 10.7. The summed E-state index contributed by atoms with van der Waals surface area (Å²) in [5.74, 6) is 0.661. The summed E-state index contributed by atoms with van der Waals surface area (Å²) in [5.41, 5.74) is 2.16. The number of hydrogen-bond acceptors (Lipinski definition) is 5. The minimum absolute atomic E-state index is 0.144. The van der Waals surface area contributed by atoms with Crippen LogP contribution in [0.3, 0.4) is 0 Å². The molecular formula is C20H25N3O4S. The lowest BCUT2D eigenvalue weighted by molar-refractivity contribution is 0.211. The maximum atomic E-state index is 12.2. The summed E-state index contributed by atoms with van der Waals surface area (Å²) in [5, 5.41) is 3.76. The van der Waals surface area contributed by atoms with Gasteiger partial charge in [-0.3, -0.25) is 9.52 Å². The maximum Gasteiger partial charge on any atom is 0.273 e. The van der Waals surface area contributed by atoms with Gasteiger partial charge in [0, 0.05) is 42.5 Å². The fourth-order valence-corrected chi connectivity index (χ4v) is 3.89. The molecule has 0 unspecified atom stereocenters. The van der Waals surface area contributed by atoms with Gasteiger partial charge in [0.2, 0.25) is 0 Å². The molecule has 0 saturated heterocycles. The van der Waals surface area contributed by atoms with Crippen LogP contribution in [0.1, 0.15) is 25.7 Å². The van der Waals surface area contributed by atoms with Crippen molar-refractivity contribution in [2.75, 3.05) is 17.1 Å². The van der Waals surface area contributed by atoms with E-state index >= 15 is 0 Å². The molecule has 3 rings (SSSR count). The van der Waals surface area contributed by atoms with Gasteiger partial charge in [0.05, 0.1) is 6.10 Å². The Balaban J connectivity index is 2.10. The van der Waals surface area contributed by atoms with Crippen molar-refractivity contribution in [1.29, 1.82) is 0 Å². The molecule has 0 bridgehead atoms. The highest BCUT2D eigenvalue weighted by Crippen LogP contribution is 2.36. The van der Waals surface area contributed by atoms with Gasteiger partial charge in [0.25, 0.3) is 15.6 Å². The molecule has 28 heavy (non-hydrogen) atoms. The van der Waals surface area contributed by atoms with Crippen molar-refractivity contribution in [3.8, 4) is 16.9 Å². The molecule has 1 aliphatic carbocycles. The monoisotopic (exact) mass is 403 g/mol. The van der Waals surface area contributed by atoms with Gasteiger partial charge >= 0.3 is 0 Å². The Labute approximate surface area is 165 Å². The molecule has 0 radical (unpaired) electrons. The van der Waals surface area contributed by atoms with Crippen LogP contribution < -0.4 is 20.3 Å². The highest BCUT2D eigenvalue weighted by molar-refractivity contribution is 7.95. The van der Waals surface area contributed by atoms with Crippen molar-refractivity contribution in [3.05, 3.63) is 52.8 Å². The first-order chi connectivity index (χ1) is 13.3. The number of aryl methyl sites for hydroxylation is 1. The maximum absolute atomic E-state index is 12.2. The fourth-order valence-electron chi connectivity index (χ4n) is 3.35. The van der Waals surface area contributed by atoms with E-state index in [2.05, 4.69) is 16.6 Å². The largest absolute Gasteiger partial charge is 0.490 e. The van der Waals surface area contributed by atoms with Gasteiger partial charge in [-0.1, -0.05) is 6.58 Å². The number of hydrogen-bond donors (Lipinski definition) is 2. The van der Waals surface area contributed by atoms with Gasteiger partial charge in [0.15, 0.2) is 0 Å². The predicted molar refractivity (Wildman–Crippen MR) is 112 cm³/mol. The molecule has 0 amide bonds. The zero-order valence-corrected chi connectivity index (χ0v) is 16.9. The van der Waals surface area contributed by atoms with E-state index in [4.69, 9.17) is 4.74 Å². The van der Waals surface area contributed by atoms with E-state index in [9.17, 15) is 13.2 Å². The third-order valence-corrected chi connectivity index (χ3v) is 5.78. The number of benzene rings is 1. The quantitative estimate of drug-likeness (QED) is 0.740.